The van der Waals surface area contributed by atoms with E-state index in [2.05, 4.69) is 4.98 Å². The molecule has 0 bridgehead atoms. The van der Waals surface area contributed by atoms with Gasteiger partial charge < -0.3 is 24.2 Å². The van der Waals surface area contributed by atoms with E-state index < -0.39 is 0 Å². The molecule has 1 aromatic heterocycles. The third-order valence-corrected chi connectivity index (χ3v) is 4.60. The number of nitrogens with zero attached hydrogens (tertiary/aromatic N) is 2. The molecule has 1 amide bonds. The van der Waals surface area contributed by atoms with E-state index in [-0.39, 0.29) is 19.1 Å². The first-order chi connectivity index (χ1) is 12.6. The molecule has 1 aromatic carbocycles. The highest BCUT2D eigenvalue weighted by atomic mass is 32.1. The number of methoxy groups -OCH3 is 2. The van der Waals surface area contributed by atoms with Crippen molar-refractivity contribution >= 4 is 17.2 Å². The number of amides is 1. The van der Waals surface area contributed by atoms with Crippen LogP contribution in [0.5, 0.6) is 11.5 Å². The van der Waals surface area contributed by atoms with Gasteiger partial charge in [-0.1, -0.05) is 6.07 Å². The fraction of sp³-hybridized carbons (Fsp3) is 0.444. The van der Waals surface area contributed by atoms with Crippen LogP contribution in [-0.2, 0) is 29.3 Å². The summed E-state index contributed by atoms with van der Waals surface area (Å²) in [6, 6.07) is 5.59. The van der Waals surface area contributed by atoms with Gasteiger partial charge >= 0.3 is 0 Å². The van der Waals surface area contributed by atoms with Crippen molar-refractivity contribution < 1.29 is 24.1 Å². The van der Waals surface area contributed by atoms with Crippen molar-refractivity contribution in [3.8, 4) is 11.5 Å². The molecular weight excluding hydrogens is 356 g/mol. The molecule has 2 rings (SSSR count). The number of aromatic nitrogens is 1. The summed E-state index contributed by atoms with van der Waals surface area (Å²) in [7, 11) is 3.19. The summed E-state index contributed by atoms with van der Waals surface area (Å²) in [6.45, 7) is 3.21. The number of thiazole rings is 1. The molecule has 1 N–H and O–H groups in total. The van der Waals surface area contributed by atoms with E-state index in [4.69, 9.17) is 19.3 Å². The molecule has 0 radical (unpaired) electrons. The molecule has 0 saturated heterocycles. The van der Waals surface area contributed by atoms with Crippen LogP contribution in [-0.4, -0.2) is 48.3 Å². The zero-order chi connectivity index (χ0) is 18.9. The van der Waals surface area contributed by atoms with Gasteiger partial charge in [0.15, 0.2) is 11.5 Å². The molecule has 0 saturated carbocycles. The van der Waals surface area contributed by atoms with Crippen LogP contribution in [0, 0.1) is 0 Å². The summed E-state index contributed by atoms with van der Waals surface area (Å²) in [5, 5.41) is 11.7. The number of ether oxygens (including phenoxy) is 3. The molecule has 0 aliphatic heterocycles. The lowest BCUT2D eigenvalue weighted by Crippen LogP contribution is -2.31. The quantitative estimate of drug-likeness (QED) is 0.681. The molecule has 8 heteroatoms. The van der Waals surface area contributed by atoms with Gasteiger partial charge in [-0.15, -0.1) is 11.3 Å². The lowest BCUT2D eigenvalue weighted by Gasteiger charge is -2.21. The maximum Gasteiger partial charge on any atom is 0.219 e. The topological polar surface area (TPSA) is 81.1 Å². The van der Waals surface area contributed by atoms with E-state index in [1.165, 1.54) is 18.3 Å². The highest BCUT2D eigenvalue weighted by Gasteiger charge is 2.13. The van der Waals surface area contributed by atoms with Crippen LogP contribution in [0.3, 0.4) is 0 Å². The minimum absolute atomic E-state index is 0.0142. The number of carbonyl (C=O) groups excluding carboxylic acids is 1. The van der Waals surface area contributed by atoms with Gasteiger partial charge in [0.25, 0.3) is 0 Å². The molecular formula is C18H24N2O5S. The second-order valence-corrected chi connectivity index (χ2v) is 6.54. The highest BCUT2D eigenvalue weighted by molar-refractivity contribution is 7.09. The monoisotopic (exact) mass is 380 g/mol. The lowest BCUT2D eigenvalue weighted by molar-refractivity contribution is -0.130. The maximum atomic E-state index is 11.8. The first-order valence-corrected chi connectivity index (χ1v) is 9.03. The number of carbonyl (C=O) groups is 1. The molecule has 0 aliphatic carbocycles. The van der Waals surface area contributed by atoms with E-state index in [1.54, 1.807) is 24.5 Å². The van der Waals surface area contributed by atoms with Gasteiger partial charge in [0.05, 0.1) is 26.0 Å². The van der Waals surface area contributed by atoms with Gasteiger partial charge in [0, 0.05) is 32.5 Å². The molecule has 26 heavy (non-hydrogen) atoms. The van der Waals surface area contributed by atoms with Gasteiger partial charge in [0.2, 0.25) is 5.91 Å². The van der Waals surface area contributed by atoms with Gasteiger partial charge in [0.1, 0.15) is 11.6 Å². The summed E-state index contributed by atoms with van der Waals surface area (Å²) in [6.07, 6.45) is 0. The Morgan fingerprint density at radius 3 is 2.73 bits per heavy atom. The Morgan fingerprint density at radius 2 is 2.12 bits per heavy atom. The van der Waals surface area contributed by atoms with Crippen LogP contribution in [0.2, 0.25) is 0 Å². The third kappa shape index (κ3) is 5.69. The van der Waals surface area contributed by atoms with Gasteiger partial charge in [-0.05, 0) is 17.7 Å². The first-order valence-electron chi connectivity index (χ1n) is 8.15. The zero-order valence-corrected chi connectivity index (χ0v) is 16.0. The van der Waals surface area contributed by atoms with Gasteiger partial charge in [-0.2, -0.15) is 0 Å². The second kappa shape index (κ2) is 10.1. The summed E-state index contributed by atoms with van der Waals surface area (Å²) in [4.78, 5) is 17.8. The summed E-state index contributed by atoms with van der Waals surface area (Å²) in [5.74, 6) is 1.18. The molecule has 2 aromatic rings. The molecule has 1 heterocycles. The van der Waals surface area contributed by atoms with Crippen molar-refractivity contribution in [1.29, 1.82) is 0 Å². The van der Waals surface area contributed by atoms with E-state index in [9.17, 15) is 4.79 Å². The average molecular weight is 380 g/mol. The fourth-order valence-electron chi connectivity index (χ4n) is 2.33. The van der Waals surface area contributed by atoms with Crippen LogP contribution >= 0.6 is 11.3 Å². The summed E-state index contributed by atoms with van der Waals surface area (Å²) < 4.78 is 16.3. The molecule has 7 nitrogen and oxygen atoms in total. The van der Waals surface area contributed by atoms with Crippen LogP contribution in [0.25, 0.3) is 0 Å². The van der Waals surface area contributed by atoms with Gasteiger partial charge in [-0.25, -0.2) is 4.98 Å². The number of aliphatic hydroxyl groups is 1. The third-order valence-electron chi connectivity index (χ3n) is 3.72. The molecule has 0 unspecified atom stereocenters. The van der Waals surface area contributed by atoms with E-state index in [0.717, 1.165) is 10.6 Å². The van der Waals surface area contributed by atoms with E-state index in [1.807, 2.05) is 18.2 Å². The maximum absolute atomic E-state index is 11.8. The summed E-state index contributed by atoms with van der Waals surface area (Å²) >= 11 is 1.43. The largest absolute Gasteiger partial charge is 0.493 e. The minimum Gasteiger partial charge on any atom is -0.493 e. The van der Waals surface area contributed by atoms with Crippen molar-refractivity contribution in [2.45, 2.75) is 26.7 Å². The molecule has 0 atom stereocenters. The van der Waals surface area contributed by atoms with Crippen LogP contribution in [0.15, 0.2) is 23.6 Å². The molecule has 0 spiro atoms. The van der Waals surface area contributed by atoms with Crippen molar-refractivity contribution in [2.24, 2.45) is 0 Å². The SMILES string of the molecule is COCCN(Cc1ccc(OC)c(OCc2nc(CO)cs2)c1)C(C)=O. The average Bonchev–Trinajstić information content (AvgIpc) is 3.11. The predicted molar refractivity (Wildman–Crippen MR) is 98.3 cm³/mol. The Kier molecular flexibility index (Phi) is 7.83. The number of hydrogen-bond donors (Lipinski definition) is 1. The van der Waals surface area contributed by atoms with Crippen molar-refractivity contribution in [3.63, 3.8) is 0 Å². The van der Waals surface area contributed by atoms with Crippen molar-refractivity contribution in [3.05, 3.63) is 39.8 Å². The normalized spacial score (nSPS) is 10.6. The van der Waals surface area contributed by atoms with Crippen LogP contribution in [0.1, 0.15) is 23.2 Å². The van der Waals surface area contributed by atoms with Crippen LogP contribution in [0.4, 0.5) is 0 Å². The molecule has 0 fully saturated rings. The molecule has 142 valence electrons. The molecule has 0 aliphatic rings. The van der Waals surface area contributed by atoms with Crippen molar-refractivity contribution in [2.75, 3.05) is 27.4 Å². The number of rotatable bonds is 10. The van der Waals surface area contributed by atoms with E-state index >= 15 is 0 Å². The fourth-order valence-corrected chi connectivity index (χ4v) is 3.03. The van der Waals surface area contributed by atoms with Gasteiger partial charge in [-0.3, -0.25) is 4.79 Å². The van der Waals surface area contributed by atoms with E-state index in [0.29, 0.717) is 36.9 Å². The van der Waals surface area contributed by atoms with Crippen LogP contribution < -0.4 is 9.47 Å². The Labute approximate surface area is 157 Å². The van der Waals surface area contributed by atoms with Crippen molar-refractivity contribution in [1.82, 2.24) is 9.88 Å². The standard InChI is InChI=1S/C18H24N2O5S/c1-13(22)20(6-7-23-2)9-14-4-5-16(24-3)17(8-14)25-11-18-19-15(10-21)12-26-18/h4-5,8,12,21H,6-7,9-11H2,1-3H3. The number of aliphatic hydroxyl groups excluding tert-OH is 1. The smallest absolute Gasteiger partial charge is 0.219 e. The Hall–Kier alpha value is -2.16. The minimum atomic E-state index is -0.0857. The first kappa shape index (κ1) is 20.2. The Bertz CT molecular complexity index is 719. The zero-order valence-electron chi connectivity index (χ0n) is 15.2. The number of hydrogen-bond acceptors (Lipinski definition) is 7. The second-order valence-electron chi connectivity index (χ2n) is 5.60. The lowest BCUT2D eigenvalue weighted by atomic mass is 10.2. The number of benzene rings is 1. The summed E-state index contributed by atoms with van der Waals surface area (Å²) in [5.41, 5.74) is 1.56. The Balaban J connectivity index is 2.09. The predicted octanol–water partition coefficient (Wildman–Crippen LogP) is 2.22. The Morgan fingerprint density at radius 1 is 1.31 bits per heavy atom. The highest BCUT2D eigenvalue weighted by Crippen LogP contribution is 2.29.